The molecule has 156 valence electrons. The third kappa shape index (κ3) is 6.21. The lowest BCUT2D eigenvalue weighted by molar-refractivity contribution is -0.147. The number of hydrogen-bond acceptors (Lipinski definition) is 7. The van der Waals surface area contributed by atoms with Gasteiger partial charge in [0.15, 0.2) is 18.1 Å². The Bertz CT molecular complexity index is 650. The van der Waals surface area contributed by atoms with Gasteiger partial charge in [-0.1, -0.05) is 18.9 Å². The molecule has 0 N–H and O–H groups in total. The first kappa shape index (κ1) is 22.2. The van der Waals surface area contributed by atoms with Gasteiger partial charge in [-0.15, -0.1) is 0 Å². The van der Waals surface area contributed by atoms with Gasteiger partial charge in [-0.2, -0.15) is 0 Å². The van der Waals surface area contributed by atoms with Gasteiger partial charge in [0.05, 0.1) is 24.7 Å². The van der Waals surface area contributed by atoms with E-state index in [0.29, 0.717) is 36.9 Å². The monoisotopic (exact) mass is 394 g/mol. The molecule has 1 aromatic rings. The molecular formula is C21H30O7. The topological polar surface area (TPSA) is 80.3 Å². The lowest BCUT2D eigenvalue weighted by Gasteiger charge is -2.18. The minimum Gasteiger partial charge on any atom is -0.487 e. The number of ketones is 1. The molecule has 7 nitrogen and oxygen atoms in total. The van der Waals surface area contributed by atoms with Gasteiger partial charge in [-0.25, -0.2) is 0 Å². The second kappa shape index (κ2) is 11.7. The fraction of sp³-hybridized carbons (Fsp3) is 0.619. The van der Waals surface area contributed by atoms with Crippen molar-refractivity contribution in [2.75, 3.05) is 47.3 Å². The first-order valence-corrected chi connectivity index (χ1v) is 9.65. The van der Waals surface area contributed by atoms with E-state index in [2.05, 4.69) is 0 Å². The van der Waals surface area contributed by atoms with Crippen molar-refractivity contribution in [3.05, 3.63) is 23.3 Å². The zero-order valence-electron chi connectivity index (χ0n) is 17.0. The first-order chi connectivity index (χ1) is 13.6. The van der Waals surface area contributed by atoms with Crippen molar-refractivity contribution in [1.82, 2.24) is 0 Å². The van der Waals surface area contributed by atoms with Crippen LogP contribution in [0.25, 0.3) is 0 Å². The van der Waals surface area contributed by atoms with E-state index in [4.69, 9.17) is 23.7 Å². The van der Waals surface area contributed by atoms with Crippen LogP contribution in [0.1, 0.15) is 41.6 Å². The molecule has 2 rings (SSSR count). The summed E-state index contributed by atoms with van der Waals surface area (Å²) < 4.78 is 26.9. The number of carbonyl (C=O) groups is 2. The molecule has 1 aromatic carbocycles. The number of carbonyl (C=O) groups excluding carboxylic acids is 2. The Labute approximate surface area is 166 Å². The Morgan fingerprint density at radius 2 is 1.54 bits per heavy atom. The van der Waals surface area contributed by atoms with Crippen LogP contribution in [0.5, 0.6) is 11.5 Å². The van der Waals surface area contributed by atoms with E-state index < -0.39 is 0 Å². The Kier molecular flexibility index (Phi) is 9.23. The van der Waals surface area contributed by atoms with Crippen LogP contribution in [0.3, 0.4) is 0 Å². The number of esters is 1. The van der Waals surface area contributed by atoms with Crippen molar-refractivity contribution in [2.45, 2.75) is 32.6 Å². The van der Waals surface area contributed by atoms with Gasteiger partial charge in [0, 0.05) is 14.2 Å². The number of aryl methyl sites for hydroxylation is 1. The molecule has 0 aliphatic heterocycles. The fourth-order valence-corrected chi connectivity index (χ4v) is 3.15. The van der Waals surface area contributed by atoms with Crippen LogP contribution in [-0.4, -0.2) is 59.0 Å². The summed E-state index contributed by atoms with van der Waals surface area (Å²) in [5.41, 5.74) is 1.16. The van der Waals surface area contributed by atoms with Crippen LogP contribution >= 0.6 is 0 Å². The lowest BCUT2D eigenvalue weighted by atomic mass is 10.1. The zero-order chi connectivity index (χ0) is 20.4. The van der Waals surface area contributed by atoms with Crippen LogP contribution in [0.15, 0.2) is 12.1 Å². The Morgan fingerprint density at radius 3 is 2.14 bits per heavy atom. The average molecular weight is 394 g/mol. The summed E-state index contributed by atoms with van der Waals surface area (Å²) >= 11 is 0. The number of Topliss-reactive ketones (excluding diaryl/α,β-unsaturated/α-hetero) is 1. The largest absolute Gasteiger partial charge is 0.487 e. The maximum absolute atomic E-state index is 12.7. The second-order valence-electron chi connectivity index (χ2n) is 6.78. The van der Waals surface area contributed by atoms with Crippen molar-refractivity contribution in [3.63, 3.8) is 0 Å². The number of rotatable bonds is 12. The molecule has 1 saturated carbocycles. The maximum Gasteiger partial charge on any atom is 0.309 e. The van der Waals surface area contributed by atoms with Gasteiger partial charge in [0.2, 0.25) is 5.78 Å². The van der Waals surface area contributed by atoms with E-state index in [-0.39, 0.29) is 30.9 Å². The van der Waals surface area contributed by atoms with E-state index in [1.165, 1.54) is 0 Å². The van der Waals surface area contributed by atoms with Gasteiger partial charge in [-0.05, 0) is 31.4 Å². The van der Waals surface area contributed by atoms with Crippen LogP contribution in [-0.2, 0) is 19.0 Å². The molecule has 0 atom stereocenters. The quantitative estimate of drug-likeness (QED) is 0.306. The van der Waals surface area contributed by atoms with Crippen molar-refractivity contribution >= 4 is 11.8 Å². The van der Waals surface area contributed by atoms with Gasteiger partial charge in [0.25, 0.3) is 0 Å². The molecule has 7 heteroatoms. The highest BCUT2D eigenvalue weighted by Gasteiger charge is 2.26. The third-order valence-corrected chi connectivity index (χ3v) is 4.71. The maximum atomic E-state index is 12.7. The number of hydrogen-bond donors (Lipinski definition) is 0. The van der Waals surface area contributed by atoms with Crippen molar-refractivity contribution < 1.29 is 33.3 Å². The van der Waals surface area contributed by atoms with Crippen LogP contribution in [0.2, 0.25) is 0 Å². The molecule has 0 unspecified atom stereocenters. The van der Waals surface area contributed by atoms with E-state index in [9.17, 15) is 9.59 Å². The highest BCUT2D eigenvalue weighted by molar-refractivity contribution is 6.01. The standard InChI is InChI=1S/C21H30O7/c1-15-8-9-17(18(22)14-28-21(23)16-6-4-5-7-16)20(27-13-11-25-3)19(15)26-12-10-24-2/h8-9,16H,4-7,10-14H2,1-3H3. The van der Waals surface area contributed by atoms with E-state index >= 15 is 0 Å². The molecule has 28 heavy (non-hydrogen) atoms. The molecule has 0 radical (unpaired) electrons. The normalized spacial score (nSPS) is 14.1. The molecule has 1 aliphatic carbocycles. The molecule has 1 aliphatic rings. The van der Waals surface area contributed by atoms with E-state index in [1.807, 2.05) is 6.92 Å². The summed E-state index contributed by atoms with van der Waals surface area (Å²) in [6.07, 6.45) is 3.73. The number of ether oxygens (including phenoxy) is 5. The SMILES string of the molecule is COCCOc1c(C)ccc(C(=O)COC(=O)C2CCCC2)c1OCCOC. The van der Waals surface area contributed by atoms with Gasteiger partial charge in [-0.3, -0.25) is 9.59 Å². The molecule has 0 heterocycles. The van der Waals surface area contributed by atoms with Crippen molar-refractivity contribution in [1.29, 1.82) is 0 Å². The van der Waals surface area contributed by atoms with Crippen LogP contribution < -0.4 is 9.47 Å². The van der Waals surface area contributed by atoms with Crippen LogP contribution in [0.4, 0.5) is 0 Å². The average Bonchev–Trinajstić information content (AvgIpc) is 3.23. The zero-order valence-corrected chi connectivity index (χ0v) is 17.0. The van der Waals surface area contributed by atoms with E-state index in [1.54, 1.807) is 26.4 Å². The fourth-order valence-electron chi connectivity index (χ4n) is 3.15. The lowest BCUT2D eigenvalue weighted by Crippen LogP contribution is -2.20. The summed E-state index contributed by atoms with van der Waals surface area (Å²) in [5.74, 6) is 0.124. The summed E-state index contributed by atoms with van der Waals surface area (Å²) in [6, 6.07) is 3.46. The van der Waals surface area contributed by atoms with Crippen LogP contribution in [0, 0.1) is 12.8 Å². The highest BCUT2D eigenvalue weighted by atomic mass is 16.6. The van der Waals surface area contributed by atoms with Crippen molar-refractivity contribution in [2.24, 2.45) is 5.92 Å². The Hall–Kier alpha value is -2.12. The van der Waals surface area contributed by atoms with Gasteiger partial charge >= 0.3 is 5.97 Å². The molecule has 0 bridgehead atoms. The summed E-state index contributed by atoms with van der Waals surface area (Å²) in [5, 5.41) is 0. The summed E-state index contributed by atoms with van der Waals surface area (Å²) in [4.78, 5) is 24.9. The first-order valence-electron chi connectivity index (χ1n) is 9.65. The third-order valence-electron chi connectivity index (χ3n) is 4.71. The summed E-state index contributed by atoms with van der Waals surface area (Å²) in [7, 11) is 3.16. The minimum atomic E-state index is -0.324. The smallest absolute Gasteiger partial charge is 0.309 e. The molecule has 0 spiro atoms. The molecule has 1 fully saturated rings. The molecule has 0 saturated heterocycles. The molecule has 0 aromatic heterocycles. The predicted octanol–water partition coefficient (Wildman–Crippen LogP) is 2.96. The Morgan fingerprint density at radius 1 is 0.929 bits per heavy atom. The van der Waals surface area contributed by atoms with Gasteiger partial charge in [0.1, 0.15) is 13.2 Å². The predicted molar refractivity (Wildman–Crippen MR) is 103 cm³/mol. The molecular weight excluding hydrogens is 364 g/mol. The van der Waals surface area contributed by atoms with E-state index in [0.717, 1.165) is 31.2 Å². The van der Waals surface area contributed by atoms with Crippen molar-refractivity contribution in [3.8, 4) is 11.5 Å². The van der Waals surface area contributed by atoms with Gasteiger partial charge < -0.3 is 23.7 Å². The minimum absolute atomic E-state index is 0.0869. The second-order valence-corrected chi connectivity index (χ2v) is 6.78. The number of methoxy groups -OCH3 is 2. The Balaban J connectivity index is 2.13. The highest BCUT2D eigenvalue weighted by Crippen LogP contribution is 2.35. The molecule has 0 amide bonds. The summed E-state index contributed by atoms with van der Waals surface area (Å²) in [6.45, 7) is 2.94. The number of benzene rings is 1.